The number of carboxylic acids is 1. The molecule has 0 aromatic heterocycles. The molecule has 1 aliphatic carbocycles. The molecule has 2 atom stereocenters. The monoisotopic (exact) mass is 406 g/mol. The van der Waals surface area contributed by atoms with Crippen molar-refractivity contribution in [1.29, 1.82) is 0 Å². The number of benzene rings is 2. The molecule has 0 saturated carbocycles. The van der Waals surface area contributed by atoms with E-state index < -0.39 is 5.97 Å². The predicted octanol–water partition coefficient (Wildman–Crippen LogP) is 5.68. The Morgan fingerprint density at radius 2 is 1.53 bits per heavy atom. The average Bonchev–Trinajstić information content (AvgIpc) is 2.66. The van der Waals surface area contributed by atoms with E-state index >= 15 is 0 Å². The van der Waals surface area contributed by atoms with Crippen LogP contribution in [0.15, 0.2) is 54.1 Å². The van der Waals surface area contributed by atoms with Crippen molar-refractivity contribution in [3.8, 4) is 22.6 Å². The van der Waals surface area contributed by atoms with Crippen molar-refractivity contribution in [2.75, 3.05) is 0 Å². The number of aromatic hydroxyl groups is 2. The Kier molecular flexibility index (Phi) is 5.83. The lowest BCUT2D eigenvalue weighted by atomic mass is 9.73. The van der Waals surface area contributed by atoms with Gasteiger partial charge in [0.1, 0.15) is 11.5 Å². The van der Waals surface area contributed by atoms with Crippen molar-refractivity contribution in [2.45, 2.75) is 39.5 Å². The topological polar surface area (TPSA) is 94.8 Å². The average molecular weight is 406 g/mol. The molecule has 0 amide bonds. The molecular weight excluding hydrogens is 380 g/mol. The largest absolute Gasteiger partial charge is 0.507 e. The molecular formula is C25H26O5. The zero-order chi connectivity index (χ0) is 22.2. The summed E-state index contributed by atoms with van der Waals surface area (Å²) in [7, 11) is 0. The number of rotatable bonds is 5. The maximum absolute atomic E-state index is 11.8. The fourth-order valence-electron chi connectivity index (χ4n) is 4.16. The Morgan fingerprint density at radius 1 is 0.967 bits per heavy atom. The number of aromatic carboxylic acids is 1. The number of phenols is 2. The minimum atomic E-state index is -1.16. The van der Waals surface area contributed by atoms with E-state index in [4.69, 9.17) is 0 Å². The van der Waals surface area contributed by atoms with Crippen molar-refractivity contribution in [3.63, 3.8) is 0 Å². The fraction of sp³-hybridized carbons (Fsp3) is 0.280. The van der Waals surface area contributed by atoms with Gasteiger partial charge in [-0.3, -0.25) is 4.79 Å². The molecule has 0 radical (unpaired) electrons. The number of hydrogen-bond acceptors (Lipinski definition) is 4. The van der Waals surface area contributed by atoms with E-state index in [0.29, 0.717) is 16.7 Å². The molecule has 1 aliphatic rings. The van der Waals surface area contributed by atoms with E-state index in [0.717, 1.165) is 18.4 Å². The first-order chi connectivity index (χ1) is 14.1. The van der Waals surface area contributed by atoms with E-state index in [-0.39, 0.29) is 40.2 Å². The van der Waals surface area contributed by atoms with Gasteiger partial charge in [-0.15, -0.1) is 0 Å². The van der Waals surface area contributed by atoms with Crippen molar-refractivity contribution >= 4 is 11.8 Å². The Morgan fingerprint density at radius 3 is 2.07 bits per heavy atom. The summed E-state index contributed by atoms with van der Waals surface area (Å²) in [5.41, 5.74) is 3.71. The van der Waals surface area contributed by atoms with Gasteiger partial charge in [-0.1, -0.05) is 23.8 Å². The van der Waals surface area contributed by atoms with Crippen molar-refractivity contribution < 1.29 is 24.9 Å². The molecule has 2 aromatic rings. The van der Waals surface area contributed by atoms with Crippen LogP contribution in [0.2, 0.25) is 0 Å². The zero-order valence-corrected chi connectivity index (χ0v) is 17.4. The van der Waals surface area contributed by atoms with Gasteiger partial charge in [0.25, 0.3) is 0 Å². The number of hydrogen-bond donors (Lipinski definition) is 3. The summed E-state index contributed by atoms with van der Waals surface area (Å²) < 4.78 is 0. The third-order valence-corrected chi connectivity index (χ3v) is 5.77. The van der Waals surface area contributed by atoms with Crippen molar-refractivity contribution in [2.24, 2.45) is 5.92 Å². The summed E-state index contributed by atoms with van der Waals surface area (Å²) in [4.78, 5) is 23.3. The normalized spacial score (nSPS) is 18.6. The smallest absolute Gasteiger partial charge is 0.335 e. The van der Waals surface area contributed by atoms with E-state index in [1.807, 2.05) is 13.8 Å². The van der Waals surface area contributed by atoms with Crippen LogP contribution in [-0.2, 0) is 0 Å². The van der Waals surface area contributed by atoms with Crippen LogP contribution < -0.4 is 0 Å². The van der Waals surface area contributed by atoms with E-state index in [1.54, 1.807) is 6.07 Å². The summed E-state index contributed by atoms with van der Waals surface area (Å²) >= 11 is 0. The second kappa shape index (κ2) is 8.19. The van der Waals surface area contributed by atoms with Gasteiger partial charge in [-0.05, 0) is 81.0 Å². The van der Waals surface area contributed by atoms with Gasteiger partial charge in [0.15, 0.2) is 5.78 Å². The van der Waals surface area contributed by atoms with Crippen LogP contribution >= 0.6 is 0 Å². The molecule has 0 saturated heterocycles. The number of carbonyl (C=O) groups is 2. The molecule has 0 unspecified atom stereocenters. The van der Waals surface area contributed by atoms with Crippen LogP contribution in [0.3, 0.4) is 0 Å². The van der Waals surface area contributed by atoms with Crippen molar-refractivity contribution in [1.82, 2.24) is 0 Å². The predicted molar refractivity (Wildman–Crippen MR) is 116 cm³/mol. The van der Waals surface area contributed by atoms with Crippen molar-refractivity contribution in [3.05, 3.63) is 70.8 Å². The molecule has 2 aromatic carbocycles. The summed E-state index contributed by atoms with van der Waals surface area (Å²) in [6.45, 7) is 9.42. The van der Waals surface area contributed by atoms with Gasteiger partial charge in [-0.2, -0.15) is 0 Å². The van der Waals surface area contributed by atoms with Crippen LogP contribution in [0.4, 0.5) is 0 Å². The van der Waals surface area contributed by atoms with Gasteiger partial charge in [0.05, 0.1) is 5.56 Å². The third kappa shape index (κ3) is 4.15. The molecule has 3 rings (SSSR count). The highest BCUT2D eigenvalue weighted by Gasteiger charge is 2.30. The summed E-state index contributed by atoms with van der Waals surface area (Å²) in [5.74, 6) is -1.65. The Bertz CT molecular complexity index is 1020. The number of ketones is 1. The van der Waals surface area contributed by atoms with Crippen LogP contribution in [0.5, 0.6) is 11.5 Å². The highest BCUT2D eigenvalue weighted by atomic mass is 16.4. The first-order valence-corrected chi connectivity index (χ1v) is 9.86. The minimum absolute atomic E-state index is 0.0334. The van der Waals surface area contributed by atoms with E-state index in [9.17, 15) is 24.9 Å². The van der Waals surface area contributed by atoms with Gasteiger partial charge < -0.3 is 15.3 Å². The maximum Gasteiger partial charge on any atom is 0.335 e. The Balaban J connectivity index is 2.14. The molecule has 0 fully saturated rings. The zero-order valence-electron chi connectivity index (χ0n) is 17.4. The lowest BCUT2D eigenvalue weighted by molar-refractivity contribution is 0.0697. The lowest BCUT2D eigenvalue weighted by Gasteiger charge is -2.31. The first-order valence-electron chi connectivity index (χ1n) is 9.86. The number of Topliss-reactive ketones (excluding diaryl/α,β-unsaturated/α-hetero) is 1. The molecule has 0 heterocycles. The molecule has 156 valence electrons. The highest BCUT2D eigenvalue weighted by Crippen LogP contribution is 2.47. The SMILES string of the molecule is C=C(C)[C@@H]1CCC(C)=C[C@H]1c1c(O)cc(-c2cc(C(C)=O)cc(C(=O)O)c2)cc1O. The number of phenolic OH excluding ortho intramolecular Hbond substituents is 2. The molecule has 0 aliphatic heterocycles. The molecule has 0 spiro atoms. The third-order valence-electron chi connectivity index (χ3n) is 5.77. The molecule has 30 heavy (non-hydrogen) atoms. The summed E-state index contributed by atoms with van der Waals surface area (Å²) in [5, 5.41) is 31.0. The Hall–Kier alpha value is -3.34. The quantitative estimate of drug-likeness (QED) is 0.438. The molecule has 5 nitrogen and oxygen atoms in total. The van der Waals surface area contributed by atoms with E-state index in [1.165, 1.54) is 36.8 Å². The summed E-state index contributed by atoms with van der Waals surface area (Å²) in [6, 6.07) is 7.31. The van der Waals surface area contributed by atoms with Crippen LogP contribution in [-0.4, -0.2) is 27.1 Å². The highest BCUT2D eigenvalue weighted by molar-refractivity contribution is 5.99. The lowest BCUT2D eigenvalue weighted by Crippen LogP contribution is -2.17. The standard InChI is InChI=1S/C25H26O5/c1-13(2)20-6-5-14(3)7-21(20)24-22(27)11-18(12-23(24)28)17-8-16(15(4)26)9-19(10-17)25(29)30/h7-12,20-21,27-28H,1,5-6H2,2-4H3,(H,29,30)/t20-,21+/m0/s1. The Labute approximate surface area is 176 Å². The second-order valence-corrected chi connectivity index (χ2v) is 8.12. The molecule has 5 heteroatoms. The second-order valence-electron chi connectivity index (χ2n) is 8.12. The van der Waals surface area contributed by atoms with Gasteiger partial charge in [0, 0.05) is 17.0 Å². The number of carbonyl (C=O) groups excluding carboxylic acids is 1. The van der Waals surface area contributed by atoms with Gasteiger partial charge >= 0.3 is 5.97 Å². The van der Waals surface area contributed by atoms with E-state index in [2.05, 4.69) is 12.7 Å². The maximum atomic E-state index is 11.8. The molecule has 0 bridgehead atoms. The van der Waals surface area contributed by atoms with Crippen LogP contribution in [0.1, 0.15) is 65.8 Å². The number of carboxylic acid groups (broad SMARTS) is 1. The number of allylic oxidation sites excluding steroid dienone is 3. The molecule has 3 N–H and O–H groups in total. The summed E-state index contributed by atoms with van der Waals surface area (Å²) in [6.07, 6.45) is 3.91. The fourth-order valence-corrected chi connectivity index (χ4v) is 4.16. The van der Waals surface area contributed by atoms with Crippen LogP contribution in [0.25, 0.3) is 11.1 Å². The first kappa shape index (κ1) is 21.4. The van der Waals surface area contributed by atoms with Gasteiger partial charge in [-0.25, -0.2) is 4.79 Å². The van der Waals surface area contributed by atoms with Crippen LogP contribution in [0, 0.1) is 5.92 Å². The van der Waals surface area contributed by atoms with Gasteiger partial charge in [0.2, 0.25) is 0 Å². The minimum Gasteiger partial charge on any atom is -0.507 e.